The first-order valence-electron chi connectivity index (χ1n) is 4.86. The predicted molar refractivity (Wildman–Crippen MR) is 51.3 cm³/mol. The van der Waals surface area contributed by atoms with Crippen LogP contribution in [0.5, 0.6) is 0 Å². The van der Waals surface area contributed by atoms with Crippen LogP contribution in [0, 0.1) is 5.41 Å². The van der Waals surface area contributed by atoms with Crippen molar-refractivity contribution in [2.45, 2.75) is 39.7 Å². The van der Waals surface area contributed by atoms with E-state index in [2.05, 4.69) is 0 Å². The van der Waals surface area contributed by atoms with Gasteiger partial charge in [-0.1, -0.05) is 20.8 Å². The Morgan fingerprint density at radius 2 is 2.21 bits per heavy atom. The Morgan fingerprint density at radius 1 is 1.57 bits per heavy atom. The summed E-state index contributed by atoms with van der Waals surface area (Å²) in [7, 11) is 0. The Hall–Kier alpha value is -0.900. The number of hydrogen-bond acceptors (Lipinski definition) is 3. The van der Waals surface area contributed by atoms with Crippen LogP contribution < -0.4 is 0 Å². The Bertz CT molecular complexity index is 232. The largest absolute Gasteiger partial charge is 0.303 e. The smallest absolute Gasteiger partial charge is 0.248 e. The molecule has 0 spiro atoms. The number of hydroxylamine groups is 2. The normalized spacial score (nSPS) is 22.9. The summed E-state index contributed by atoms with van der Waals surface area (Å²) in [6.45, 7) is 6.48. The fourth-order valence-corrected chi connectivity index (χ4v) is 1.32. The van der Waals surface area contributed by atoms with E-state index in [0.29, 0.717) is 19.4 Å². The van der Waals surface area contributed by atoms with Gasteiger partial charge in [0, 0.05) is 6.42 Å². The molecule has 1 aliphatic rings. The van der Waals surface area contributed by atoms with Gasteiger partial charge >= 0.3 is 0 Å². The molecule has 1 saturated heterocycles. The highest BCUT2D eigenvalue weighted by atomic mass is 16.7. The average Bonchev–Trinajstić information content (AvgIpc) is 2.43. The first-order valence-corrected chi connectivity index (χ1v) is 4.86. The highest BCUT2D eigenvalue weighted by Crippen LogP contribution is 2.30. The van der Waals surface area contributed by atoms with E-state index in [9.17, 15) is 9.59 Å². The van der Waals surface area contributed by atoms with Crippen molar-refractivity contribution in [3.05, 3.63) is 0 Å². The van der Waals surface area contributed by atoms with E-state index in [-0.39, 0.29) is 17.4 Å². The minimum Gasteiger partial charge on any atom is -0.303 e. The van der Waals surface area contributed by atoms with Gasteiger partial charge in [0.1, 0.15) is 6.29 Å². The molecule has 0 bridgehead atoms. The van der Waals surface area contributed by atoms with Gasteiger partial charge in [-0.25, -0.2) is 5.06 Å². The molecule has 1 unspecified atom stereocenters. The fourth-order valence-electron chi connectivity index (χ4n) is 1.32. The van der Waals surface area contributed by atoms with Crippen molar-refractivity contribution in [3.63, 3.8) is 0 Å². The summed E-state index contributed by atoms with van der Waals surface area (Å²) in [6, 6.07) is 0. The van der Waals surface area contributed by atoms with Crippen LogP contribution in [0.4, 0.5) is 0 Å². The van der Waals surface area contributed by atoms with Crippen molar-refractivity contribution < 1.29 is 14.4 Å². The number of carbonyl (C=O) groups is 2. The molecule has 0 radical (unpaired) electrons. The maximum atomic E-state index is 11.4. The molecule has 1 aliphatic heterocycles. The third-order valence-corrected chi connectivity index (χ3v) is 2.31. The van der Waals surface area contributed by atoms with E-state index in [0.717, 1.165) is 6.29 Å². The van der Waals surface area contributed by atoms with Crippen LogP contribution in [0.1, 0.15) is 33.6 Å². The lowest BCUT2D eigenvalue weighted by molar-refractivity contribution is -0.184. The third-order valence-electron chi connectivity index (χ3n) is 2.31. The van der Waals surface area contributed by atoms with Crippen molar-refractivity contribution >= 4 is 12.2 Å². The average molecular weight is 199 g/mol. The minimum absolute atomic E-state index is 0.0215. The SMILES string of the molecule is CC(C)(C)C1CC(=O)N(CCC=O)O1. The summed E-state index contributed by atoms with van der Waals surface area (Å²) in [5, 5.41) is 1.31. The number of hydrogen-bond donors (Lipinski definition) is 0. The zero-order chi connectivity index (χ0) is 10.8. The Balaban J connectivity index is 2.51. The van der Waals surface area contributed by atoms with Crippen LogP contribution >= 0.6 is 0 Å². The Morgan fingerprint density at radius 3 is 2.64 bits per heavy atom. The van der Waals surface area contributed by atoms with E-state index in [1.807, 2.05) is 20.8 Å². The van der Waals surface area contributed by atoms with E-state index >= 15 is 0 Å². The fraction of sp³-hybridized carbons (Fsp3) is 0.800. The summed E-state index contributed by atoms with van der Waals surface area (Å²) >= 11 is 0. The van der Waals surface area contributed by atoms with Crippen molar-refractivity contribution in [2.75, 3.05) is 6.54 Å². The molecule has 0 aromatic carbocycles. The van der Waals surface area contributed by atoms with Crippen molar-refractivity contribution in [1.29, 1.82) is 0 Å². The van der Waals surface area contributed by atoms with Crippen LogP contribution in [0.15, 0.2) is 0 Å². The standard InChI is InChI=1S/C10H17NO3/c1-10(2,3)8-7-9(13)11(14-8)5-4-6-12/h6,8H,4-5,7H2,1-3H3. The van der Waals surface area contributed by atoms with Crippen LogP contribution in [0.2, 0.25) is 0 Å². The highest BCUT2D eigenvalue weighted by molar-refractivity contribution is 5.77. The summed E-state index contributed by atoms with van der Waals surface area (Å²) in [5.41, 5.74) is -0.0361. The second-order valence-corrected chi connectivity index (χ2v) is 4.62. The molecule has 1 atom stereocenters. The topological polar surface area (TPSA) is 46.6 Å². The zero-order valence-corrected chi connectivity index (χ0v) is 8.95. The summed E-state index contributed by atoms with van der Waals surface area (Å²) in [6.07, 6.45) is 1.48. The van der Waals surface area contributed by atoms with Gasteiger partial charge in [-0.05, 0) is 5.41 Å². The van der Waals surface area contributed by atoms with Crippen LogP contribution in [0.25, 0.3) is 0 Å². The van der Waals surface area contributed by atoms with E-state index in [4.69, 9.17) is 4.84 Å². The molecule has 0 aliphatic carbocycles. The van der Waals surface area contributed by atoms with Crippen LogP contribution in [-0.2, 0) is 14.4 Å². The number of rotatable bonds is 3. The third kappa shape index (κ3) is 2.54. The first kappa shape index (κ1) is 11.2. The molecule has 4 nitrogen and oxygen atoms in total. The molecule has 1 rings (SSSR count). The van der Waals surface area contributed by atoms with Gasteiger partial charge in [0.15, 0.2) is 0 Å². The molecule has 0 N–H and O–H groups in total. The highest BCUT2D eigenvalue weighted by Gasteiger charge is 2.38. The van der Waals surface area contributed by atoms with Gasteiger partial charge < -0.3 is 4.79 Å². The summed E-state index contributed by atoms with van der Waals surface area (Å²) in [5.74, 6) is -0.0215. The Labute approximate surface area is 84.2 Å². The van der Waals surface area contributed by atoms with E-state index in [1.165, 1.54) is 5.06 Å². The number of nitrogens with zero attached hydrogens (tertiary/aromatic N) is 1. The number of aldehydes is 1. The summed E-state index contributed by atoms with van der Waals surface area (Å²) < 4.78 is 0. The molecular weight excluding hydrogens is 182 g/mol. The minimum atomic E-state index is -0.0679. The van der Waals surface area contributed by atoms with Gasteiger partial charge in [-0.3, -0.25) is 9.63 Å². The molecular formula is C10H17NO3. The molecule has 1 fully saturated rings. The van der Waals surface area contributed by atoms with Gasteiger partial charge in [0.2, 0.25) is 5.91 Å². The van der Waals surface area contributed by atoms with Gasteiger partial charge in [0.05, 0.1) is 19.1 Å². The van der Waals surface area contributed by atoms with E-state index in [1.54, 1.807) is 0 Å². The Kier molecular flexibility index (Phi) is 3.26. The lowest BCUT2D eigenvalue weighted by atomic mass is 9.87. The maximum absolute atomic E-state index is 11.4. The number of carbonyl (C=O) groups excluding carboxylic acids is 2. The predicted octanol–water partition coefficient (Wildman–Crippen LogP) is 1.15. The van der Waals surface area contributed by atoms with E-state index < -0.39 is 0 Å². The van der Waals surface area contributed by atoms with Crippen molar-refractivity contribution in [1.82, 2.24) is 5.06 Å². The second kappa shape index (κ2) is 4.09. The molecule has 0 aromatic heterocycles. The van der Waals surface area contributed by atoms with Crippen LogP contribution in [0.3, 0.4) is 0 Å². The van der Waals surface area contributed by atoms with Gasteiger partial charge in [-0.15, -0.1) is 0 Å². The summed E-state index contributed by atoms with van der Waals surface area (Å²) in [4.78, 5) is 27.0. The van der Waals surface area contributed by atoms with Crippen LogP contribution in [-0.4, -0.2) is 29.9 Å². The monoisotopic (exact) mass is 199 g/mol. The zero-order valence-electron chi connectivity index (χ0n) is 8.95. The van der Waals surface area contributed by atoms with Gasteiger partial charge in [0.25, 0.3) is 0 Å². The molecule has 80 valence electrons. The molecule has 0 aromatic rings. The molecule has 1 heterocycles. The quantitative estimate of drug-likeness (QED) is 0.641. The molecule has 1 amide bonds. The maximum Gasteiger partial charge on any atom is 0.248 e. The first-order chi connectivity index (χ1) is 6.45. The lowest BCUT2D eigenvalue weighted by Crippen LogP contribution is -2.29. The molecule has 4 heteroatoms. The number of amides is 1. The van der Waals surface area contributed by atoms with Gasteiger partial charge in [-0.2, -0.15) is 0 Å². The second-order valence-electron chi connectivity index (χ2n) is 4.62. The lowest BCUT2D eigenvalue weighted by Gasteiger charge is -2.25. The molecule has 0 saturated carbocycles. The van der Waals surface area contributed by atoms with Crippen molar-refractivity contribution in [2.24, 2.45) is 5.41 Å². The molecule has 14 heavy (non-hydrogen) atoms. The van der Waals surface area contributed by atoms with Crippen molar-refractivity contribution in [3.8, 4) is 0 Å².